The van der Waals surface area contributed by atoms with Crippen LogP contribution in [0, 0.1) is 5.41 Å². The first-order valence-corrected chi connectivity index (χ1v) is 7.93. The fraction of sp³-hybridized carbons (Fsp3) is 0.938. The molecule has 2 aliphatic rings. The van der Waals surface area contributed by atoms with Gasteiger partial charge in [-0.1, -0.05) is 34.1 Å². The number of nitrogens with one attached hydrogen (secondary N) is 1. The first-order valence-electron chi connectivity index (χ1n) is 7.93. The summed E-state index contributed by atoms with van der Waals surface area (Å²) in [6.45, 7) is 11.0. The number of carbonyl (C=O) groups excluding carboxylic acids is 1. The van der Waals surface area contributed by atoms with Crippen molar-refractivity contribution in [1.29, 1.82) is 0 Å². The summed E-state index contributed by atoms with van der Waals surface area (Å²) in [7, 11) is 0. The molecule has 0 aromatic carbocycles. The normalized spacial score (nSPS) is 38.8. The third-order valence-corrected chi connectivity index (χ3v) is 5.19. The van der Waals surface area contributed by atoms with E-state index >= 15 is 0 Å². The van der Waals surface area contributed by atoms with E-state index in [1.54, 1.807) is 0 Å². The van der Waals surface area contributed by atoms with Crippen molar-refractivity contribution < 1.29 is 4.79 Å². The van der Waals surface area contributed by atoms with Gasteiger partial charge in [-0.3, -0.25) is 10.1 Å². The van der Waals surface area contributed by atoms with E-state index in [0.29, 0.717) is 17.4 Å². The highest BCUT2D eigenvalue weighted by Crippen LogP contribution is 2.40. The van der Waals surface area contributed by atoms with Crippen LogP contribution in [0.1, 0.15) is 73.1 Å². The van der Waals surface area contributed by atoms with Crippen molar-refractivity contribution >= 4 is 5.91 Å². The molecular weight excluding hydrogens is 236 g/mol. The molecule has 2 fully saturated rings. The Bertz CT molecular complexity index is 353. The van der Waals surface area contributed by atoms with Gasteiger partial charge in [0.25, 0.3) is 0 Å². The molecule has 1 heterocycles. The predicted molar refractivity (Wildman–Crippen MR) is 78.8 cm³/mol. The zero-order valence-electron chi connectivity index (χ0n) is 13.3. The first kappa shape index (κ1) is 14.8. The maximum absolute atomic E-state index is 12.8. The highest BCUT2D eigenvalue weighted by molar-refractivity contribution is 5.88. The molecule has 0 bridgehead atoms. The third kappa shape index (κ3) is 2.67. The molecule has 3 heteroatoms. The molecule has 19 heavy (non-hydrogen) atoms. The Morgan fingerprint density at radius 3 is 2.53 bits per heavy atom. The maximum Gasteiger partial charge on any atom is 0.244 e. The lowest BCUT2D eigenvalue weighted by Crippen LogP contribution is -2.48. The predicted octanol–water partition coefficient (Wildman–Crippen LogP) is 3.29. The van der Waals surface area contributed by atoms with Crippen LogP contribution < -0.4 is 5.32 Å². The Hall–Kier alpha value is -0.570. The number of amides is 1. The van der Waals surface area contributed by atoms with Gasteiger partial charge in [-0.2, -0.15) is 0 Å². The van der Waals surface area contributed by atoms with Crippen LogP contribution in [0.5, 0.6) is 0 Å². The molecule has 1 aliphatic heterocycles. The van der Waals surface area contributed by atoms with Crippen LogP contribution >= 0.6 is 0 Å². The quantitative estimate of drug-likeness (QED) is 0.850. The highest BCUT2D eigenvalue weighted by Gasteiger charge is 2.49. The van der Waals surface area contributed by atoms with Crippen LogP contribution in [0.4, 0.5) is 0 Å². The van der Waals surface area contributed by atoms with Crippen molar-refractivity contribution in [3.63, 3.8) is 0 Å². The smallest absolute Gasteiger partial charge is 0.244 e. The van der Waals surface area contributed by atoms with E-state index in [-0.39, 0.29) is 11.7 Å². The molecule has 3 atom stereocenters. The van der Waals surface area contributed by atoms with Gasteiger partial charge in [-0.25, -0.2) is 0 Å². The minimum Gasteiger partial charge on any atom is -0.323 e. The summed E-state index contributed by atoms with van der Waals surface area (Å²) >= 11 is 0. The second kappa shape index (κ2) is 5.08. The molecule has 1 amide bonds. The minimum atomic E-state index is -0.345. The first-order chi connectivity index (χ1) is 8.83. The van der Waals surface area contributed by atoms with Crippen molar-refractivity contribution in [2.45, 2.75) is 90.9 Å². The lowest BCUT2D eigenvalue weighted by Gasteiger charge is -2.41. The van der Waals surface area contributed by atoms with Crippen molar-refractivity contribution in [1.82, 2.24) is 10.2 Å². The second-order valence-electron chi connectivity index (χ2n) is 7.38. The van der Waals surface area contributed by atoms with Gasteiger partial charge in [0.05, 0.1) is 11.7 Å². The lowest BCUT2D eigenvalue weighted by atomic mass is 9.74. The summed E-state index contributed by atoms with van der Waals surface area (Å²) in [4.78, 5) is 15.0. The summed E-state index contributed by atoms with van der Waals surface area (Å²) in [5, 5.41) is 3.57. The monoisotopic (exact) mass is 266 g/mol. The van der Waals surface area contributed by atoms with E-state index in [1.807, 2.05) is 0 Å². The summed E-state index contributed by atoms with van der Waals surface area (Å²) in [6.07, 6.45) is 6.97. The third-order valence-electron chi connectivity index (χ3n) is 5.19. The second-order valence-corrected chi connectivity index (χ2v) is 7.38. The molecule has 0 aromatic heterocycles. The van der Waals surface area contributed by atoms with E-state index in [1.165, 1.54) is 19.3 Å². The SMILES string of the molecule is CCC1NC(C)(CC)C(=O)N1C1CCCC(C)(C)C1. The number of hydrogen-bond acceptors (Lipinski definition) is 2. The van der Waals surface area contributed by atoms with Crippen molar-refractivity contribution in [2.24, 2.45) is 5.41 Å². The van der Waals surface area contributed by atoms with Gasteiger partial charge in [-0.05, 0) is 44.4 Å². The molecular formula is C16H30N2O. The van der Waals surface area contributed by atoms with E-state index in [0.717, 1.165) is 19.3 Å². The van der Waals surface area contributed by atoms with Crippen LogP contribution in [-0.4, -0.2) is 28.6 Å². The number of hydrogen-bond donors (Lipinski definition) is 1. The molecule has 1 aliphatic carbocycles. The highest BCUT2D eigenvalue weighted by atomic mass is 16.2. The lowest BCUT2D eigenvalue weighted by molar-refractivity contribution is -0.136. The van der Waals surface area contributed by atoms with Gasteiger partial charge in [0.2, 0.25) is 5.91 Å². The van der Waals surface area contributed by atoms with Crippen LogP contribution in [0.2, 0.25) is 0 Å². The zero-order chi connectivity index (χ0) is 14.3. The van der Waals surface area contributed by atoms with Gasteiger partial charge in [0, 0.05) is 6.04 Å². The van der Waals surface area contributed by atoms with Crippen LogP contribution in [-0.2, 0) is 4.79 Å². The average molecular weight is 266 g/mol. The van der Waals surface area contributed by atoms with Crippen molar-refractivity contribution in [3.8, 4) is 0 Å². The Kier molecular flexibility index (Phi) is 3.97. The molecule has 2 rings (SSSR count). The average Bonchev–Trinajstić information content (AvgIpc) is 2.61. The van der Waals surface area contributed by atoms with E-state index in [2.05, 4.69) is 44.8 Å². The van der Waals surface area contributed by atoms with Crippen molar-refractivity contribution in [3.05, 3.63) is 0 Å². The molecule has 1 N–H and O–H groups in total. The van der Waals surface area contributed by atoms with Gasteiger partial charge in [-0.15, -0.1) is 0 Å². The number of rotatable bonds is 3. The molecule has 3 nitrogen and oxygen atoms in total. The summed E-state index contributed by atoms with van der Waals surface area (Å²) < 4.78 is 0. The summed E-state index contributed by atoms with van der Waals surface area (Å²) in [5.41, 5.74) is 0.0367. The molecule has 3 unspecified atom stereocenters. The minimum absolute atomic E-state index is 0.233. The number of carbonyl (C=O) groups is 1. The Labute approximate surface area is 118 Å². The Morgan fingerprint density at radius 2 is 2.00 bits per heavy atom. The van der Waals surface area contributed by atoms with Gasteiger partial charge >= 0.3 is 0 Å². The molecule has 110 valence electrons. The van der Waals surface area contributed by atoms with Gasteiger partial charge in [0.15, 0.2) is 0 Å². The standard InChI is InChI=1S/C16H30N2O/c1-6-13-17-16(5,7-2)14(19)18(13)12-9-8-10-15(3,4)11-12/h12-13,17H,6-11H2,1-5H3. The Balaban J connectivity index is 2.20. The fourth-order valence-corrected chi connectivity index (χ4v) is 3.79. The summed E-state index contributed by atoms with van der Waals surface area (Å²) in [6, 6.07) is 0.432. The molecule has 0 radical (unpaired) electrons. The van der Waals surface area contributed by atoms with Crippen LogP contribution in [0.25, 0.3) is 0 Å². The maximum atomic E-state index is 12.8. The largest absolute Gasteiger partial charge is 0.323 e. The van der Waals surface area contributed by atoms with E-state index in [4.69, 9.17) is 0 Å². The van der Waals surface area contributed by atoms with E-state index in [9.17, 15) is 4.79 Å². The number of nitrogens with zero attached hydrogens (tertiary/aromatic N) is 1. The van der Waals surface area contributed by atoms with Gasteiger partial charge in [0.1, 0.15) is 0 Å². The molecule has 1 saturated heterocycles. The van der Waals surface area contributed by atoms with Crippen LogP contribution in [0.3, 0.4) is 0 Å². The van der Waals surface area contributed by atoms with Gasteiger partial charge < -0.3 is 4.90 Å². The zero-order valence-corrected chi connectivity index (χ0v) is 13.3. The molecule has 1 saturated carbocycles. The Morgan fingerprint density at radius 1 is 1.32 bits per heavy atom. The fourth-order valence-electron chi connectivity index (χ4n) is 3.79. The van der Waals surface area contributed by atoms with E-state index < -0.39 is 0 Å². The molecule has 0 spiro atoms. The topological polar surface area (TPSA) is 32.3 Å². The van der Waals surface area contributed by atoms with Crippen LogP contribution in [0.15, 0.2) is 0 Å². The summed E-state index contributed by atoms with van der Waals surface area (Å²) in [5.74, 6) is 0.324. The molecule has 0 aromatic rings. The van der Waals surface area contributed by atoms with Crippen molar-refractivity contribution in [2.75, 3.05) is 0 Å².